The van der Waals surface area contributed by atoms with Crippen LogP contribution < -0.4 is 15.2 Å². The first kappa shape index (κ1) is 10.4. The summed E-state index contributed by atoms with van der Waals surface area (Å²) in [5, 5.41) is 0. The second kappa shape index (κ2) is 4.20. The van der Waals surface area contributed by atoms with Gasteiger partial charge in [-0.1, -0.05) is 0 Å². The predicted octanol–water partition coefficient (Wildman–Crippen LogP) is 1.49. The fourth-order valence-corrected chi connectivity index (χ4v) is 2.12. The fraction of sp³-hybridized carbons (Fsp3) is 0.300. The third-order valence-corrected chi connectivity index (χ3v) is 2.89. The molecule has 0 saturated carbocycles. The monoisotopic (exact) mass is 271 g/mol. The Kier molecular flexibility index (Phi) is 2.93. The number of rotatable bonds is 3. The number of nitrogens with two attached hydrogens (primary N) is 1. The van der Waals surface area contributed by atoms with E-state index >= 15 is 0 Å². The van der Waals surface area contributed by atoms with E-state index in [0.717, 1.165) is 11.8 Å². The number of hydrogen-bond acceptors (Lipinski definition) is 4. The molecule has 1 aliphatic rings. The molecule has 80 valence electrons. The average molecular weight is 272 g/mol. The molecule has 0 bridgehead atoms. The molecule has 0 aliphatic carbocycles. The Bertz CT molecular complexity index is 406. The number of fused-ring (bicyclic) bond motifs is 1. The van der Waals surface area contributed by atoms with Crippen molar-refractivity contribution in [3.63, 3.8) is 0 Å². The van der Waals surface area contributed by atoms with Gasteiger partial charge in [0.15, 0.2) is 17.8 Å². The summed E-state index contributed by atoms with van der Waals surface area (Å²) in [6, 6.07) is 1.85. The molecule has 4 nitrogen and oxygen atoms in total. The van der Waals surface area contributed by atoms with Crippen molar-refractivity contribution in [2.45, 2.75) is 6.42 Å². The summed E-state index contributed by atoms with van der Waals surface area (Å²) < 4.78 is 11.3. The normalized spacial score (nSPS) is 12.9. The van der Waals surface area contributed by atoms with Crippen LogP contribution in [0.2, 0.25) is 0 Å². The minimum Gasteiger partial charge on any atom is -0.453 e. The highest BCUT2D eigenvalue weighted by molar-refractivity contribution is 9.10. The zero-order chi connectivity index (χ0) is 10.8. The number of benzene rings is 1. The van der Waals surface area contributed by atoms with Gasteiger partial charge in [-0.05, 0) is 35.0 Å². The number of carbonyl (C=O) groups is 1. The molecule has 2 N–H and O–H groups in total. The molecule has 15 heavy (non-hydrogen) atoms. The summed E-state index contributed by atoms with van der Waals surface area (Å²) in [4.78, 5) is 10.9. The van der Waals surface area contributed by atoms with Crippen LogP contribution in [0, 0.1) is 0 Å². The summed E-state index contributed by atoms with van der Waals surface area (Å²) in [6.45, 7) is 0.687. The largest absolute Gasteiger partial charge is 0.453 e. The second-order valence-corrected chi connectivity index (χ2v) is 4.01. The summed E-state index contributed by atoms with van der Waals surface area (Å²) in [5.41, 5.74) is 6.94. The highest BCUT2D eigenvalue weighted by Crippen LogP contribution is 2.42. The van der Waals surface area contributed by atoms with E-state index in [1.165, 1.54) is 0 Å². The second-order valence-electron chi connectivity index (χ2n) is 3.15. The minimum absolute atomic E-state index is 0.157. The van der Waals surface area contributed by atoms with E-state index in [-0.39, 0.29) is 6.79 Å². The third-order valence-electron chi connectivity index (χ3n) is 2.24. The van der Waals surface area contributed by atoms with Crippen LogP contribution >= 0.6 is 15.9 Å². The topological polar surface area (TPSA) is 61.6 Å². The zero-order valence-corrected chi connectivity index (χ0v) is 9.54. The van der Waals surface area contributed by atoms with Crippen molar-refractivity contribution in [2.24, 2.45) is 5.73 Å². The van der Waals surface area contributed by atoms with Gasteiger partial charge in [-0.25, -0.2) is 0 Å². The summed E-state index contributed by atoms with van der Waals surface area (Å²) in [5.74, 6) is 1.16. The molecular formula is C10H10BrNO3. The van der Waals surface area contributed by atoms with Gasteiger partial charge in [-0.3, -0.25) is 4.79 Å². The molecule has 0 radical (unpaired) electrons. The number of aldehydes is 1. The Morgan fingerprint density at radius 2 is 2.20 bits per heavy atom. The molecule has 0 spiro atoms. The van der Waals surface area contributed by atoms with Crippen molar-refractivity contribution in [2.75, 3.05) is 13.3 Å². The first-order valence-corrected chi connectivity index (χ1v) is 5.33. The maximum atomic E-state index is 10.9. The SMILES string of the molecule is NCCc1cc(Br)c(C=O)c2c1OCO2. The maximum Gasteiger partial charge on any atom is 0.231 e. The van der Waals surface area contributed by atoms with Gasteiger partial charge in [0.2, 0.25) is 6.79 Å². The molecule has 5 heteroatoms. The van der Waals surface area contributed by atoms with Gasteiger partial charge in [-0.2, -0.15) is 0 Å². The molecule has 1 aliphatic heterocycles. The number of hydrogen-bond donors (Lipinski definition) is 1. The molecule has 0 unspecified atom stereocenters. The molecule has 0 atom stereocenters. The van der Waals surface area contributed by atoms with Gasteiger partial charge in [0, 0.05) is 10.0 Å². The fourth-order valence-electron chi connectivity index (χ4n) is 1.57. The lowest BCUT2D eigenvalue weighted by Crippen LogP contribution is -2.04. The van der Waals surface area contributed by atoms with Crippen LogP contribution in [0.5, 0.6) is 11.5 Å². The van der Waals surface area contributed by atoms with E-state index in [9.17, 15) is 4.79 Å². The lowest BCUT2D eigenvalue weighted by molar-refractivity contribution is 0.111. The van der Waals surface area contributed by atoms with Crippen molar-refractivity contribution in [1.29, 1.82) is 0 Å². The van der Waals surface area contributed by atoms with Crippen LogP contribution in [0.25, 0.3) is 0 Å². The van der Waals surface area contributed by atoms with Crippen LogP contribution in [0.3, 0.4) is 0 Å². The molecule has 1 aromatic rings. The first-order chi connectivity index (χ1) is 7.27. The molecule has 2 rings (SSSR count). The lowest BCUT2D eigenvalue weighted by atomic mass is 10.1. The quantitative estimate of drug-likeness (QED) is 0.847. The smallest absolute Gasteiger partial charge is 0.231 e. The van der Waals surface area contributed by atoms with Crippen LogP contribution in [0.4, 0.5) is 0 Å². The van der Waals surface area contributed by atoms with Gasteiger partial charge in [0.05, 0.1) is 5.56 Å². The van der Waals surface area contributed by atoms with Crippen LogP contribution in [0.15, 0.2) is 10.5 Å². The number of ether oxygens (including phenoxy) is 2. The highest BCUT2D eigenvalue weighted by Gasteiger charge is 2.23. The third kappa shape index (κ3) is 1.72. The average Bonchev–Trinajstić information content (AvgIpc) is 2.67. The van der Waals surface area contributed by atoms with E-state index in [1.54, 1.807) is 0 Å². The van der Waals surface area contributed by atoms with Gasteiger partial charge in [0.25, 0.3) is 0 Å². The van der Waals surface area contributed by atoms with Crippen LogP contribution in [-0.4, -0.2) is 19.6 Å². The molecular weight excluding hydrogens is 262 g/mol. The van der Waals surface area contributed by atoms with E-state index < -0.39 is 0 Å². The standard InChI is InChI=1S/C10H10BrNO3/c11-8-3-6(1-2-12)9-10(7(8)4-13)15-5-14-9/h3-4H,1-2,5,12H2. The van der Waals surface area contributed by atoms with Crippen LogP contribution in [-0.2, 0) is 6.42 Å². The Morgan fingerprint density at radius 3 is 2.87 bits per heavy atom. The number of carbonyl (C=O) groups excluding carboxylic acids is 1. The zero-order valence-electron chi connectivity index (χ0n) is 7.96. The highest BCUT2D eigenvalue weighted by atomic mass is 79.9. The predicted molar refractivity (Wildman–Crippen MR) is 58.4 cm³/mol. The molecule has 0 aromatic heterocycles. The lowest BCUT2D eigenvalue weighted by Gasteiger charge is -2.07. The van der Waals surface area contributed by atoms with Gasteiger partial charge >= 0.3 is 0 Å². The van der Waals surface area contributed by atoms with Gasteiger partial charge in [-0.15, -0.1) is 0 Å². The van der Waals surface area contributed by atoms with Crippen LogP contribution in [0.1, 0.15) is 15.9 Å². The van der Waals surface area contributed by atoms with Crippen molar-refractivity contribution < 1.29 is 14.3 Å². The summed E-state index contributed by atoms with van der Waals surface area (Å²) >= 11 is 3.32. The van der Waals surface area contributed by atoms with Crippen molar-refractivity contribution >= 4 is 22.2 Å². The molecule has 0 amide bonds. The van der Waals surface area contributed by atoms with E-state index in [1.807, 2.05) is 6.07 Å². The summed E-state index contributed by atoms with van der Waals surface area (Å²) in [7, 11) is 0. The molecule has 0 saturated heterocycles. The molecule has 1 aromatic carbocycles. The van der Waals surface area contributed by atoms with Gasteiger partial charge in [0.1, 0.15) is 0 Å². The van der Waals surface area contributed by atoms with Crippen molar-refractivity contribution in [1.82, 2.24) is 0 Å². The van der Waals surface area contributed by atoms with E-state index in [0.29, 0.717) is 34.5 Å². The first-order valence-electron chi connectivity index (χ1n) is 4.54. The Hall–Kier alpha value is -1.07. The Labute approximate surface area is 95.5 Å². The van der Waals surface area contributed by atoms with E-state index in [2.05, 4.69) is 15.9 Å². The minimum atomic E-state index is 0.157. The Morgan fingerprint density at radius 1 is 1.47 bits per heavy atom. The molecule has 0 fully saturated rings. The maximum absolute atomic E-state index is 10.9. The van der Waals surface area contributed by atoms with Gasteiger partial charge < -0.3 is 15.2 Å². The van der Waals surface area contributed by atoms with Crippen molar-refractivity contribution in [3.05, 3.63) is 21.7 Å². The summed E-state index contributed by atoms with van der Waals surface area (Å²) in [6.07, 6.45) is 1.45. The Balaban J connectivity index is 2.57. The molecule has 1 heterocycles. The van der Waals surface area contributed by atoms with E-state index in [4.69, 9.17) is 15.2 Å². The van der Waals surface area contributed by atoms with Crippen molar-refractivity contribution in [3.8, 4) is 11.5 Å². The number of halogens is 1.